The van der Waals surface area contributed by atoms with Crippen molar-refractivity contribution in [3.63, 3.8) is 0 Å². The van der Waals surface area contributed by atoms with Crippen LogP contribution in [0.15, 0.2) is 42.0 Å². The van der Waals surface area contributed by atoms with Crippen molar-refractivity contribution in [2.75, 3.05) is 53.0 Å². The van der Waals surface area contributed by atoms with E-state index in [-0.39, 0.29) is 5.91 Å². The molecule has 3 rings (SSSR count). The number of carbonyl (C=O) groups is 1. The summed E-state index contributed by atoms with van der Waals surface area (Å²) in [4.78, 5) is 19.5. The SMILES string of the molecule is C/C=C(\CN1CCN(C2COC2)CC1)C(=O)N(C)Cc1ccccc1. The molecular weight excluding hydrogens is 314 g/mol. The van der Waals surface area contributed by atoms with Gasteiger partial charge >= 0.3 is 0 Å². The van der Waals surface area contributed by atoms with Crippen molar-refractivity contribution in [1.82, 2.24) is 14.7 Å². The summed E-state index contributed by atoms with van der Waals surface area (Å²) in [7, 11) is 1.88. The Morgan fingerprint density at radius 2 is 1.88 bits per heavy atom. The van der Waals surface area contributed by atoms with Gasteiger partial charge in [0.1, 0.15) is 0 Å². The van der Waals surface area contributed by atoms with Crippen LogP contribution < -0.4 is 0 Å². The molecule has 1 amide bonds. The second kappa shape index (κ2) is 8.61. The molecule has 2 fully saturated rings. The molecule has 2 saturated heterocycles. The van der Waals surface area contributed by atoms with E-state index in [9.17, 15) is 4.79 Å². The molecule has 1 aromatic rings. The number of hydrogen-bond acceptors (Lipinski definition) is 4. The molecule has 0 bridgehead atoms. The molecule has 1 aromatic carbocycles. The third-order valence-corrected chi connectivity index (χ3v) is 5.17. The highest BCUT2D eigenvalue weighted by Crippen LogP contribution is 2.15. The van der Waals surface area contributed by atoms with Gasteiger partial charge in [-0.1, -0.05) is 36.4 Å². The molecule has 0 N–H and O–H groups in total. The Balaban J connectivity index is 1.49. The van der Waals surface area contributed by atoms with Crippen LogP contribution in [0.5, 0.6) is 0 Å². The van der Waals surface area contributed by atoms with Crippen molar-refractivity contribution >= 4 is 5.91 Å². The van der Waals surface area contributed by atoms with E-state index in [0.717, 1.165) is 57.1 Å². The molecule has 5 nitrogen and oxygen atoms in total. The standard InChI is InChI=1S/C20H29N3O2/c1-3-18(20(24)21(2)13-17-7-5-4-6-8-17)14-22-9-11-23(12-10-22)19-15-25-16-19/h3-8,19H,9-16H2,1-2H3/b18-3+. The molecule has 0 aliphatic carbocycles. The first-order chi connectivity index (χ1) is 12.2. The van der Waals surface area contributed by atoms with Gasteiger partial charge in [-0.2, -0.15) is 0 Å². The van der Waals surface area contributed by atoms with Crippen LogP contribution in [-0.4, -0.2) is 79.6 Å². The minimum atomic E-state index is 0.126. The normalized spacial score (nSPS) is 20.3. The van der Waals surface area contributed by atoms with E-state index in [1.165, 1.54) is 0 Å². The number of ether oxygens (including phenoxy) is 1. The van der Waals surface area contributed by atoms with E-state index in [1.54, 1.807) is 0 Å². The van der Waals surface area contributed by atoms with Crippen molar-refractivity contribution < 1.29 is 9.53 Å². The van der Waals surface area contributed by atoms with Crippen LogP contribution in [0, 0.1) is 0 Å². The van der Waals surface area contributed by atoms with Crippen LogP contribution in [0.3, 0.4) is 0 Å². The van der Waals surface area contributed by atoms with E-state index in [4.69, 9.17) is 4.74 Å². The highest BCUT2D eigenvalue weighted by molar-refractivity contribution is 5.93. The first-order valence-electron chi connectivity index (χ1n) is 9.16. The zero-order valence-corrected chi connectivity index (χ0v) is 15.4. The van der Waals surface area contributed by atoms with Gasteiger partial charge in [-0.05, 0) is 12.5 Å². The highest BCUT2D eigenvalue weighted by Gasteiger charge is 2.29. The van der Waals surface area contributed by atoms with Crippen molar-refractivity contribution in [2.24, 2.45) is 0 Å². The maximum atomic E-state index is 12.8. The molecule has 2 aliphatic heterocycles. The Hall–Kier alpha value is -1.69. The number of allylic oxidation sites excluding steroid dienone is 1. The molecule has 0 unspecified atom stereocenters. The summed E-state index contributed by atoms with van der Waals surface area (Å²) in [5.41, 5.74) is 2.05. The Kier molecular flexibility index (Phi) is 6.24. The van der Waals surface area contributed by atoms with Gasteiger partial charge in [0.2, 0.25) is 0 Å². The van der Waals surface area contributed by atoms with Crippen LogP contribution in [0.2, 0.25) is 0 Å². The van der Waals surface area contributed by atoms with Crippen molar-refractivity contribution in [1.29, 1.82) is 0 Å². The average Bonchev–Trinajstić information content (AvgIpc) is 2.60. The largest absolute Gasteiger partial charge is 0.378 e. The van der Waals surface area contributed by atoms with Crippen LogP contribution in [0.1, 0.15) is 12.5 Å². The molecule has 0 aromatic heterocycles. The number of rotatable bonds is 6. The Morgan fingerprint density at radius 1 is 1.20 bits per heavy atom. The minimum Gasteiger partial charge on any atom is -0.378 e. The predicted octanol–water partition coefficient (Wildman–Crippen LogP) is 1.61. The summed E-state index contributed by atoms with van der Waals surface area (Å²) in [5.74, 6) is 0.126. The van der Waals surface area contributed by atoms with Gasteiger partial charge < -0.3 is 9.64 Å². The van der Waals surface area contributed by atoms with Crippen molar-refractivity contribution in [3.05, 3.63) is 47.5 Å². The van der Waals surface area contributed by atoms with Gasteiger partial charge in [-0.3, -0.25) is 14.6 Å². The molecule has 5 heteroatoms. The molecule has 0 radical (unpaired) electrons. The highest BCUT2D eigenvalue weighted by atomic mass is 16.5. The van der Waals surface area contributed by atoms with Gasteiger partial charge in [-0.25, -0.2) is 0 Å². The minimum absolute atomic E-state index is 0.126. The fraction of sp³-hybridized carbons (Fsp3) is 0.550. The van der Waals surface area contributed by atoms with Crippen molar-refractivity contribution in [2.45, 2.75) is 19.5 Å². The molecule has 2 heterocycles. The number of piperazine rings is 1. The zero-order chi connectivity index (χ0) is 17.6. The molecule has 25 heavy (non-hydrogen) atoms. The van der Waals surface area contributed by atoms with Crippen LogP contribution >= 0.6 is 0 Å². The summed E-state index contributed by atoms with van der Waals surface area (Å²) in [6.45, 7) is 9.28. The van der Waals surface area contributed by atoms with Crippen LogP contribution in [0.4, 0.5) is 0 Å². The lowest BCUT2D eigenvalue weighted by Gasteiger charge is -2.42. The first-order valence-corrected chi connectivity index (χ1v) is 9.16. The lowest BCUT2D eigenvalue weighted by molar-refractivity contribution is -0.126. The van der Waals surface area contributed by atoms with Gasteiger partial charge in [0.25, 0.3) is 5.91 Å². The molecule has 0 spiro atoms. The smallest absolute Gasteiger partial charge is 0.250 e. The second-order valence-electron chi connectivity index (χ2n) is 6.96. The lowest BCUT2D eigenvalue weighted by Crippen LogP contribution is -2.56. The Labute approximate surface area is 150 Å². The Bertz CT molecular complexity index is 590. The zero-order valence-electron chi connectivity index (χ0n) is 15.4. The van der Waals surface area contributed by atoms with E-state index in [1.807, 2.05) is 43.1 Å². The fourth-order valence-electron chi connectivity index (χ4n) is 3.42. The monoisotopic (exact) mass is 343 g/mol. The van der Waals surface area contributed by atoms with Gasteiger partial charge in [0, 0.05) is 51.9 Å². The number of nitrogens with zero attached hydrogens (tertiary/aromatic N) is 3. The fourth-order valence-corrected chi connectivity index (χ4v) is 3.42. The molecule has 2 aliphatic rings. The summed E-state index contributed by atoms with van der Waals surface area (Å²) >= 11 is 0. The number of likely N-dealkylation sites (N-methyl/N-ethyl adjacent to an activating group) is 1. The third-order valence-electron chi connectivity index (χ3n) is 5.17. The van der Waals surface area contributed by atoms with E-state index >= 15 is 0 Å². The van der Waals surface area contributed by atoms with Crippen LogP contribution in [0.25, 0.3) is 0 Å². The van der Waals surface area contributed by atoms with E-state index in [2.05, 4.69) is 21.9 Å². The molecular formula is C20H29N3O2. The number of amides is 1. The summed E-state index contributed by atoms with van der Waals surface area (Å²) in [5, 5.41) is 0. The maximum Gasteiger partial charge on any atom is 0.250 e. The summed E-state index contributed by atoms with van der Waals surface area (Å²) in [6.07, 6.45) is 1.97. The summed E-state index contributed by atoms with van der Waals surface area (Å²) in [6, 6.07) is 10.7. The van der Waals surface area contributed by atoms with Gasteiger partial charge in [-0.15, -0.1) is 0 Å². The molecule has 136 valence electrons. The number of hydrogen-bond donors (Lipinski definition) is 0. The number of carbonyl (C=O) groups excluding carboxylic acids is 1. The Morgan fingerprint density at radius 3 is 2.44 bits per heavy atom. The van der Waals surface area contributed by atoms with Crippen LogP contribution in [-0.2, 0) is 16.1 Å². The first kappa shape index (κ1) is 18.1. The average molecular weight is 343 g/mol. The second-order valence-corrected chi connectivity index (χ2v) is 6.96. The quantitative estimate of drug-likeness (QED) is 0.735. The van der Waals surface area contributed by atoms with Gasteiger partial charge in [0.05, 0.1) is 19.3 Å². The lowest BCUT2D eigenvalue weighted by atomic mass is 10.1. The molecule has 0 atom stereocenters. The maximum absolute atomic E-state index is 12.8. The van der Waals surface area contributed by atoms with Crippen molar-refractivity contribution in [3.8, 4) is 0 Å². The van der Waals surface area contributed by atoms with E-state index in [0.29, 0.717) is 12.6 Å². The summed E-state index contributed by atoms with van der Waals surface area (Å²) < 4.78 is 5.29. The molecule has 0 saturated carbocycles. The predicted molar refractivity (Wildman–Crippen MR) is 99.3 cm³/mol. The van der Waals surface area contributed by atoms with Gasteiger partial charge in [0.15, 0.2) is 0 Å². The number of benzene rings is 1. The third kappa shape index (κ3) is 4.69. The topological polar surface area (TPSA) is 36.0 Å². The van der Waals surface area contributed by atoms with E-state index < -0.39 is 0 Å².